The zero-order valence-corrected chi connectivity index (χ0v) is 10.9. The van der Waals surface area contributed by atoms with Gasteiger partial charge in [-0.15, -0.1) is 11.3 Å². The first-order valence-corrected chi connectivity index (χ1v) is 6.62. The summed E-state index contributed by atoms with van der Waals surface area (Å²) in [5.41, 5.74) is 0.605. The number of aliphatic carboxylic acids is 1. The van der Waals surface area contributed by atoms with E-state index in [0.29, 0.717) is 23.5 Å². The second-order valence-corrected chi connectivity index (χ2v) is 4.87. The Hall–Kier alpha value is -2.15. The first kappa shape index (κ1) is 13.3. The zero-order valence-electron chi connectivity index (χ0n) is 10.1. The van der Waals surface area contributed by atoms with Crippen LogP contribution in [-0.4, -0.2) is 26.8 Å². The highest BCUT2D eigenvalue weighted by molar-refractivity contribution is 7.12. The summed E-state index contributed by atoms with van der Waals surface area (Å²) < 4.78 is 1.62. The van der Waals surface area contributed by atoms with Crippen LogP contribution in [0.5, 0.6) is 0 Å². The summed E-state index contributed by atoms with van der Waals surface area (Å²) in [6.45, 7) is 0.515. The van der Waals surface area contributed by atoms with E-state index >= 15 is 0 Å². The Morgan fingerprint density at radius 3 is 3.00 bits per heavy atom. The van der Waals surface area contributed by atoms with Gasteiger partial charge in [-0.25, -0.2) is 0 Å². The molecule has 0 aromatic carbocycles. The van der Waals surface area contributed by atoms with Crippen LogP contribution in [0.3, 0.4) is 0 Å². The van der Waals surface area contributed by atoms with Gasteiger partial charge in [0.2, 0.25) is 0 Å². The summed E-state index contributed by atoms with van der Waals surface area (Å²) in [4.78, 5) is 22.8. The summed E-state index contributed by atoms with van der Waals surface area (Å²) in [6.07, 6.45) is 3.85. The van der Waals surface area contributed by atoms with E-state index in [-0.39, 0.29) is 12.3 Å². The standard InChI is InChI=1S/C12H13N3O3S/c16-11(17)4-1-5-15-8-9(7-13-15)14-12(18)10-3-2-6-19-10/h2-3,6-8H,1,4-5H2,(H,14,18)(H,16,17). The fraction of sp³-hybridized carbons (Fsp3) is 0.250. The average Bonchev–Trinajstić information content (AvgIpc) is 2.99. The molecule has 0 aliphatic heterocycles. The fourth-order valence-electron chi connectivity index (χ4n) is 1.54. The maximum atomic E-state index is 11.8. The molecule has 0 saturated carbocycles. The molecule has 0 bridgehead atoms. The summed E-state index contributed by atoms with van der Waals surface area (Å²) in [7, 11) is 0. The lowest BCUT2D eigenvalue weighted by molar-refractivity contribution is -0.137. The number of aryl methyl sites for hydroxylation is 1. The number of anilines is 1. The van der Waals surface area contributed by atoms with Gasteiger partial charge in [-0.1, -0.05) is 6.07 Å². The molecular weight excluding hydrogens is 266 g/mol. The largest absolute Gasteiger partial charge is 0.481 e. The highest BCUT2D eigenvalue weighted by atomic mass is 32.1. The van der Waals surface area contributed by atoms with Crippen LogP contribution in [0.15, 0.2) is 29.9 Å². The van der Waals surface area contributed by atoms with Crippen LogP contribution in [0.2, 0.25) is 0 Å². The monoisotopic (exact) mass is 279 g/mol. The van der Waals surface area contributed by atoms with Crippen molar-refractivity contribution >= 4 is 28.9 Å². The second-order valence-electron chi connectivity index (χ2n) is 3.92. The number of carbonyl (C=O) groups is 2. The van der Waals surface area contributed by atoms with Crippen molar-refractivity contribution in [1.82, 2.24) is 9.78 Å². The van der Waals surface area contributed by atoms with Crippen LogP contribution >= 0.6 is 11.3 Å². The Kier molecular flexibility index (Phi) is 4.30. The molecule has 0 atom stereocenters. The van der Waals surface area contributed by atoms with Gasteiger partial charge in [0, 0.05) is 19.2 Å². The molecule has 100 valence electrons. The van der Waals surface area contributed by atoms with Gasteiger partial charge in [-0.3, -0.25) is 14.3 Å². The van der Waals surface area contributed by atoms with Crippen molar-refractivity contribution in [2.75, 3.05) is 5.32 Å². The minimum Gasteiger partial charge on any atom is -0.481 e. The molecule has 0 unspecified atom stereocenters. The van der Waals surface area contributed by atoms with E-state index in [2.05, 4.69) is 10.4 Å². The van der Waals surface area contributed by atoms with E-state index in [1.165, 1.54) is 11.3 Å². The normalized spacial score (nSPS) is 10.3. The molecule has 0 spiro atoms. The summed E-state index contributed by atoms with van der Waals surface area (Å²) >= 11 is 1.37. The number of carbonyl (C=O) groups excluding carboxylic acids is 1. The van der Waals surface area contributed by atoms with Crippen LogP contribution in [0.1, 0.15) is 22.5 Å². The van der Waals surface area contributed by atoms with Crippen molar-refractivity contribution in [1.29, 1.82) is 0 Å². The Balaban J connectivity index is 1.87. The Morgan fingerprint density at radius 2 is 2.32 bits per heavy atom. The highest BCUT2D eigenvalue weighted by Gasteiger charge is 2.08. The average molecular weight is 279 g/mol. The number of carboxylic acids is 1. The van der Waals surface area contributed by atoms with E-state index in [9.17, 15) is 9.59 Å². The molecule has 2 rings (SSSR count). The number of carboxylic acid groups (broad SMARTS) is 1. The number of rotatable bonds is 6. The van der Waals surface area contributed by atoms with E-state index < -0.39 is 5.97 Å². The predicted molar refractivity (Wildman–Crippen MR) is 71.4 cm³/mol. The van der Waals surface area contributed by atoms with Crippen molar-refractivity contribution in [3.8, 4) is 0 Å². The van der Waals surface area contributed by atoms with Gasteiger partial charge >= 0.3 is 5.97 Å². The van der Waals surface area contributed by atoms with Crippen LogP contribution in [0, 0.1) is 0 Å². The molecule has 2 heterocycles. The third kappa shape index (κ3) is 3.92. The maximum Gasteiger partial charge on any atom is 0.303 e. The SMILES string of the molecule is O=C(O)CCCn1cc(NC(=O)c2cccs2)cn1. The molecule has 0 aliphatic carbocycles. The Morgan fingerprint density at radius 1 is 1.47 bits per heavy atom. The van der Waals surface area contributed by atoms with Gasteiger partial charge in [0.25, 0.3) is 5.91 Å². The molecule has 0 fully saturated rings. The van der Waals surface area contributed by atoms with E-state index in [4.69, 9.17) is 5.11 Å². The minimum atomic E-state index is -0.821. The highest BCUT2D eigenvalue weighted by Crippen LogP contribution is 2.12. The molecule has 19 heavy (non-hydrogen) atoms. The Bertz CT molecular complexity index is 563. The number of nitrogens with one attached hydrogen (secondary N) is 1. The van der Waals surface area contributed by atoms with Gasteiger partial charge in [0.15, 0.2) is 0 Å². The third-order valence-electron chi connectivity index (χ3n) is 2.41. The van der Waals surface area contributed by atoms with Crippen molar-refractivity contribution in [2.45, 2.75) is 19.4 Å². The molecule has 7 heteroatoms. The van der Waals surface area contributed by atoms with Gasteiger partial charge in [0.1, 0.15) is 0 Å². The molecule has 6 nitrogen and oxygen atoms in total. The molecule has 2 aromatic rings. The Labute approximate surface area is 113 Å². The van der Waals surface area contributed by atoms with Crippen molar-refractivity contribution in [3.63, 3.8) is 0 Å². The van der Waals surface area contributed by atoms with Crippen LogP contribution in [0.25, 0.3) is 0 Å². The third-order valence-corrected chi connectivity index (χ3v) is 3.28. The van der Waals surface area contributed by atoms with E-state index in [1.54, 1.807) is 23.1 Å². The second kappa shape index (κ2) is 6.14. The fourth-order valence-corrected chi connectivity index (χ4v) is 2.16. The van der Waals surface area contributed by atoms with Crippen molar-refractivity contribution in [3.05, 3.63) is 34.8 Å². The lowest BCUT2D eigenvalue weighted by atomic mass is 10.3. The molecule has 0 aliphatic rings. The number of hydrogen-bond acceptors (Lipinski definition) is 4. The van der Waals surface area contributed by atoms with Crippen LogP contribution in [-0.2, 0) is 11.3 Å². The van der Waals surface area contributed by atoms with E-state index in [1.807, 2.05) is 11.4 Å². The van der Waals surface area contributed by atoms with Gasteiger partial charge in [0.05, 0.1) is 16.8 Å². The zero-order chi connectivity index (χ0) is 13.7. The number of aromatic nitrogens is 2. The lowest BCUT2D eigenvalue weighted by Gasteiger charge is -2.00. The molecule has 0 radical (unpaired) electrons. The van der Waals surface area contributed by atoms with Gasteiger partial charge in [-0.05, 0) is 17.9 Å². The lowest BCUT2D eigenvalue weighted by Crippen LogP contribution is -2.09. The maximum absolute atomic E-state index is 11.8. The number of nitrogens with zero attached hydrogens (tertiary/aromatic N) is 2. The first-order valence-electron chi connectivity index (χ1n) is 5.74. The predicted octanol–water partition coefficient (Wildman–Crippen LogP) is 2.06. The number of amides is 1. The smallest absolute Gasteiger partial charge is 0.303 e. The molecule has 2 aromatic heterocycles. The summed E-state index contributed by atoms with van der Waals surface area (Å²) in [5.74, 6) is -0.988. The van der Waals surface area contributed by atoms with E-state index in [0.717, 1.165) is 0 Å². The number of thiophene rings is 1. The molecule has 1 amide bonds. The van der Waals surface area contributed by atoms with Crippen LogP contribution in [0.4, 0.5) is 5.69 Å². The molecule has 0 saturated heterocycles. The van der Waals surface area contributed by atoms with Gasteiger partial charge < -0.3 is 10.4 Å². The summed E-state index contributed by atoms with van der Waals surface area (Å²) in [5, 5.41) is 17.2. The quantitative estimate of drug-likeness (QED) is 0.847. The molecular formula is C12H13N3O3S. The van der Waals surface area contributed by atoms with Gasteiger partial charge in [-0.2, -0.15) is 5.10 Å². The van der Waals surface area contributed by atoms with Crippen molar-refractivity contribution in [2.24, 2.45) is 0 Å². The van der Waals surface area contributed by atoms with Crippen molar-refractivity contribution < 1.29 is 14.7 Å². The summed E-state index contributed by atoms with van der Waals surface area (Å²) in [6, 6.07) is 3.56. The first-order chi connectivity index (χ1) is 9.15. The van der Waals surface area contributed by atoms with Crippen LogP contribution < -0.4 is 5.32 Å². The number of hydrogen-bond donors (Lipinski definition) is 2. The topological polar surface area (TPSA) is 84.2 Å². The molecule has 2 N–H and O–H groups in total. The minimum absolute atomic E-state index is 0.108.